The first-order valence-electron chi connectivity index (χ1n) is 10.4. The Morgan fingerprint density at radius 3 is 2.74 bits per heavy atom. The molecular weight excluding hydrogens is 396 g/mol. The van der Waals surface area contributed by atoms with Crippen LogP contribution in [0.25, 0.3) is 0 Å². The molecule has 0 spiro atoms. The van der Waals surface area contributed by atoms with Crippen LogP contribution in [-0.2, 0) is 33.8 Å². The van der Waals surface area contributed by atoms with E-state index in [1.807, 2.05) is 45.0 Å². The van der Waals surface area contributed by atoms with Crippen molar-refractivity contribution in [3.8, 4) is 5.75 Å². The number of aromatic nitrogens is 2. The van der Waals surface area contributed by atoms with Crippen molar-refractivity contribution < 1.29 is 19.1 Å². The highest BCUT2D eigenvalue weighted by molar-refractivity contribution is 5.95. The van der Waals surface area contributed by atoms with Gasteiger partial charge in [0.25, 0.3) is 0 Å². The van der Waals surface area contributed by atoms with Crippen LogP contribution in [0.2, 0.25) is 0 Å². The summed E-state index contributed by atoms with van der Waals surface area (Å²) < 4.78 is 10.7. The maximum absolute atomic E-state index is 12.8. The average molecular weight is 427 g/mol. The second-order valence-corrected chi connectivity index (χ2v) is 7.97. The molecule has 0 radical (unpaired) electrons. The van der Waals surface area contributed by atoms with Crippen LogP contribution in [0.1, 0.15) is 42.9 Å². The molecule has 0 aliphatic carbocycles. The van der Waals surface area contributed by atoms with Crippen molar-refractivity contribution in [3.63, 3.8) is 0 Å². The lowest BCUT2D eigenvalue weighted by Gasteiger charge is -2.30. The lowest BCUT2D eigenvalue weighted by Crippen LogP contribution is -2.37. The molecule has 8 nitrogen and oxygen atoms in total. The molecule has 0 fully saturated rings. The third kappa shape index (κ3) is 5.58. The number of rotatable bonds is 8. The van der Waals surface area contributed by atoms with Crippen molar-refractivity contribution in [3.05, 3.63) is 46.9 Å². The van der Waals surface area contributed by atoms with Crippen LogP contribution in [0.3, 0.4) is 0 Å². The Hall–Kier alpha value is -3.00. The maximum Gasteiger partial charge on any atom is 0.248 e. The number of aryl methyl sites for hydroxylation is 1. The lowest BCUT2D eigenvalue weighted by molar-refractivity contribution is -0.136. The minimum atomic E-state index is -0.142. The Morgan fingerprint density at radius 2 is 2.03 bits per heavy atom. The molecule has 8 heteroatoms. The van der Waals surface area contributed by atoms with Gasteiger partial charge in [-0.25, -0.2) is 9.97 Å². The summed E-state index contributed by atoms with van der Waals surface area (Å²) in [6, 6.07) is 7.65. The first kappa shape index (κ1) is 22.7. The zero-order valence-electron chi connectivity index (χ0n) is 18.8. The summed E-state index contributed by atoms with van der Waals surface area (Å²) in [7, 11) is 3.32. The molecule has 1 aromatic carbocycles. The summed E-state index contributed by atoms with van der Waals surface area (Å²) in [5, 5.41) is 0. The molecule has 1 aliphatic heterocycles. The topological polar surface area (TPSA) is 84.9 Å². The van der Waals surface area contributed by atoms with E-state index in [0.717, 1.165) is 22.6 Å². The quantitative estimate of drug-likeness (QED) is 0.645. The van der Waals surface area contributed by atoms with Gasteiger partial charge in [0.15, 0.2) is 0 Å². The SMILES string of the molecule is COc1cccc(CN2C(=O)CCc3c(C)nc(CN(C)C(=O)COC(C)C)nc32)c1. The molecule has 0 saturated carbocycles. The van der Waals surface area contributed by atoms with E-state index in [-0.39, 0.29) is 31.1 Å². The van der Waals surface area contributed by atoms with Crippen molar-refractivity contribution in [2.24, 2.45) is 0 Å². The smallest absolute Gasteiger partial charge is 0.248 e. The summed E-state index contributed by atoms with van der Waals surface area (Å²) in [6.45, 7) is 6.35. The van der Waals surface area contributed by atoms with E-state index in [1.165, 1.54) is 0 Å². The number of methoxy groups -OCH3 is 1. The third-order valence-electron chi connectivity index (χ3n) is 5.20. The molecule has 2 heterocycles. The number of likely N-dealkylation sites (N-methyl/N-ethyl adjacent to an activating group) is 1. The predicted octanol–water partition coefficient (Wildman–Crippen LogP) is 2.66. The Morgan fingerprint density at radius 1 is 1.26 bits per heavy atom. The van der Waals surface area contributed by atoms with Crippen LogP contribution in [0, 0.1) is 6.92 Å². The van der Waals surface area contributed by atoms with E-state index in [4.69, 9.17) is 14.5 Å². The molecule has 3 rings (SSSR count). The molecule has 31 heavy (non-hydrogen) atoms. The van der Waals surface area contributed by atoms with Gasteiger partial charge in [-0.3, -0.25) is 14.5 Å². The molecular formula is C23H30N4O4. The van der Waals surface area contributed by atoms with Gasteiger partial charge in [0.1, 0.15) is 24.0 Å². The summed E-state index contributed by atoms with van der Waals surface area (Å²) in [4.78, 5) is 37.6. The molecule has 0 unspecified atom stereocenters. The molecule has 0 bridgehead atoms. The molecule has 0 saturated heterocycles. The number of anilines is 1. The molecule has 0 N–H and O–H groups in total. The zero-order chi connectivity index (χ0) is 22.5. The maximum atomic E-state index is 12.8. The summed E-state index contributed by atoms with van der Waals surface area (Å²) in [5.74, 6) is 1.75. The Labute approximate surface area is 183 Å². The molecule has 1 aromatic heterocycles. The number of hydrogen-bond acceptors (Lipinski definition) is 6. The number of ether oxygens (including phenoxy) is 2. The van der Waals surface area contributed by atoms with Gasteiger partial charge in [0, 0.05) is 24.7 Å². The number of hydrogen-bond donors (Lipinski definition) is 0. The molecule has 2 aromatic rings. The van der Waals surface area contributed by atoms with Gasteiger partial charge < -0.3 is 14.4 Å². The van der Waals surface area contributed by atoms with E-state index in [0.29, 0.717) is 31.0 Å². The number of amides is 2. The van der Waals surface area contributed by atoms with Gasteiger partial charge in [-0.15, -0.1) is 0 Å². The van der Waals surface area contributed by atoms with Gasteiger partial charge in [-0.1, -0.05) is 12.1 Å². The van der Waals surface area contributed by atoms with Crippen LogP contribution in [0.5, 0.6) is 5.75 Å². The summed E-state index contributed by atoms with van der Waals surface area (Å²) >= 11 is 0. The first-order chi connectivity index (χ1) is 14.8. The first-order valence-corrected chi connectivity index (χ1v) is 10.4. The van der Waals surface area contributed by atoms with Crippen molar-refractivity contribution in [2.75, 3.05) is 25.7 Å². The van der Waals surface area contributed by atoms with E-state index in [9.17, 15) is 9.59 Å². The van der Waals surface area contributed by atoms with Crippen molar-refractivity contribution in [2.45, 2.75) is 52.8 Å². The highest BCUT2D eigenvalue weighted by Crippen LogP contribution is 2.30. The van der Waals surface area contributed by atoms with E-state index >= 15 is 0 Å². The van der Waals surface area contributed by atoms with Crippen LogP contribution < -0.4 is 9.64 Å². The second kappa shape index (κ2) is 9.87. The lowest BCUT2D eigenvalue weighted by atomic mass is 10.0. The van der Waals surface area contributed by atoms with Crippen LogP contribution >= 0.6 is 0 Å². The fourth-order valence-corrected chi connectivity index (χ4v) is 3.47. The Kier molecular flexibility index (Phi) is 7.22. The van der Waals surface area contributed by atoms with Gasteiger partial charge in [-0.05, 0) is 44.9 Å². The summed E-state index contributed by atoms with van der Waals surface area (Å²) in [5.41, 5.74) is 2.77. The highest BCUT2D eigenvalue weighted by atomic mass is 16.5. The largest absolute Gasteiger partial charge is 0.497 e. The monoisotopic (exact) mass is 426 g/mol. The fourth-order valence-electron chi connectivity index (χ4n) is 3.47. The number of fused-ring (bicyclic) bond motifs is 1. The van der Waals surface area contributed by atoms with Gasteiger partial charge in [-0.2, -0.15) is 0 Å². The Balaban J connectivity index is 1.84. The fraction of sp³-hybridized carbons (Fsp3) is 0.478. The van der Waals surface area contributed by atoms with E-state index < -0.39 is 0 Å². The van der Waals surface area contributed by atoms with Crippen LogP contribution in [0.4, 0.5) is 5.82 Å². The minimum Gasteiger partial charge on any atom is -0.497 e. The van der Waals surface area contributed by atoms with Gasteiger partial charge >= 0.3 is 0 Å². The van der Waals surface area contributed by atoms with Crippen molar-refractivity contribution in [1.82, 2.24) is 14.9 Å². The standard InChI is InChI=1S/C23H30N4O4/c1-15(2)31-14-22(29)26(4)13-20-24-16(3)19-9-10-21(28)27(23(19)25-20)12-17-7-6-8-18(11-17)30-5/h6-8,11,15H,9-10,12-14H2,1-5H3. The van der Waals surface area contributed by atoms with Crippen molar-refractivity contribution in [1.29, 1.82) is 0 Å². The number of nitrogens with zero attached hydrogens (tertiary/aromatic N) is 4. The van der Waals surface area contributed by atoms with Gasteiger partial charge in [0.2, 0.25) is 11.8 Å². The summed E-state index contributed by atoms with van der Waals surface area (Å²) in [6.07, 6.45) is 1.02. The zero-order valence-corrected chi connectivity index (χ0v) is 18.8. The third-order valence-corrected chi connectivity index (χ3v) is 5.20. The second-order valence-electron chi connectivity index (χ2n) is 7.97. The van der Waals surface area contributed by atoms with E-state index in [1.54, 1.807) is 24.0 Å². The molecule has 2 amide bonds. The number of carbonyl (C=O) groups is 2. The minimum absolute atomic E-state index is 0.0124. The van der Waals surface area contributed by atoms with Crippen molar-refractivity contribution >= 4 is 17.6 Å². The molecule has 166 valence electrons. The molecule has 1 aliphatic rings. The number of benzene rings is 1. The van der Waals surface area contributed by atoms with E-state index in [2.05, 4.69) is 4.98 Å². The average Bonchev–Trinajstić information content (AvgIpc) is 2.74. The normalized spacial score (nSPS) is 13.4. The number of carbonyl (C=O) groups excluding carboxylic acids is 2. The molecule has 0 atom stereocenters. The van der Waals surface area contributed by atoms with Gasteiger partial charge in [0.05, 0.1) is 26.3 Å². The highest BCUT2D eigenvalue weighted by Gasteiger charge is 2.28. The predicted molar refractivity (Wildman–Crippen MR) is 117 cm³/mol. The van der Waals surface area contributed by atoms with Crippen LogP contribution in [-0.4, -0.2) is 53.6 Å². The van der Waals surface area contributed by atoms with Crippen LogP contribution in [0.15, 0.2) is 24.3 Å². The Bertz CT molecular complexity index is 961.